The van der Waals surface area contributed by atoms with Crippen molar-refractivity contribution in [3.63, 3.8) is 0 Å². The molecule has 0 aliphatic rings. The third-order valence-corrected chi connectivity index (χ3v) is 2.84. The quantitative estimate of drug-likeness (QED) is 0.410. The summed E-state index contributed by atoms with van der Waals surface area (Å²) in [6.07, 6.45) is 1.80. The first-order valence-electron chi connectivity index (χ1n) is 4.96. The minimum absolute atomic E-state index is 0.674. The highest BCUT2D eigenvalue weighted by atomic mass is 35.5. The van der Waals surface area contributed by atoms with Gasteiger partial charge in [-0.15, -0.1) is 11.6 Å². The summed E-state index contributed by atoms with van der Waals surface area (Å²) in [5.74, 6) is 6.94. The van der Waals surface area contributed by atoms with Crippen LogP contribution in [0.1, 0.15) is 29.5 Å². The lowest BCUT2D eigenvalue weighted by molar-refractivity contribution is 0.991. The minimum Gasteiger partial charge on any atom is -0.127 e. The van der Waals surface area contributed by atoms with E-state index in [1.54, 1.807) is 0 Å². The molecule has 0 fully saturated rings. The molecular formula is C13H14Cl2. The van der Waals surface area contributed by atoms with Gasteiger partial charge in [0.15, 0.2) is 0 Å². The largest absolute Gasteiger partial charge is 0.127 e. The number of hydrogen-bond donors (Lipinski definition) is 0. The van der Waals surface area contributed by atoms with E-state index in [-0.39, 0.29) is 0 Å². The lowest BCUT2D eigenvalue weighted by atomic mass is 10.1. The zero-order valence-corrected chi connectivity index (χ0v) is 10.5. The van der Waals surface area contributed by atoms with Gasteiger partial charge in [-0.2, -0.15) is 0 Å². The SMILES string of the molecule is Cc1cc(C#CCCCCl)c(C)cc1Cl. The molecule has 0 heterocycles. The average Bonchev–Trinajstić information content (AvgIpc) is 2.20. The predicted octanol–water partition coefficient (Wildman–Crippen LogP) is 4.33. The molecule has 1 aromatic carbocycles. The third kappa shape index (κ3) is 3.78. The van der Waals surface area contributed by atoms with Crippen LogP contribution in [0.3, 0.4) is 0 Å². The topological polar surface area (TPSA) is 0 Å². The van der Waals surface area contributed by atoms with Crippen LogP contribution in [0.5, 0.6) is 0 Å². The van der Waals surface area contributed by atoms with E-state index in [0.717, 1.165) is 34.6 Å². The van der Waals surface area contributed by atoms with Crippen LogP contribution in [0.25, 0.3) is 0 Å². The van der Waals surface area contributed by atoms with E-state index in [9.17, 15) is 0 Å². The number of rotatable bonds is 2. The normalized spacial score (nSPS) is 9.60. The van der Waals surface area contributed by atoms with Gasteiger partial charge >= 0.3 is 0 Å². The molecule has 0 saturated carbocycles. The van der Waals surface area contributed by atoms with Crippen LogP contribution in [-0.2, 0) is 0 Å². The molecule has 2 heteroatoms. The first-order chi connectivity index (χ1) is 7.15. The van der Waals surface area contributed by atoms with E-state index >= 15 is 0 Å². The van der Waals surface area contributed by atoms with Crippen molar-refractivity contribution >= 4 is 23.2 Å². The van der Waals surface area contributed by atoms with Gasteiger partial charge in [-0.05, 0) is 43.5 Å². The van der Waals surface area contributed by atoms with E-state index in [4.69, 9.17) is 23.2 Å². The van der Waals surface area contributed by atoms with Crippen molar-refractivity contribution in [2.75, 3.05) is 5.88 Å². The second-order valence-corrected chi connectivity index (χ2v) is 4.30. The molecule has 1 rings (SSSR count). The van der Waals surface area contributed by atoms with Crippen molar-refractivity contribution in [1.29, 1.82) is 0 Å². The van der Waals surface area contributed by atoms with Gasteiger partial charge in [0, 0.05) is 22.9 Å². The van der Waals surface area contributed by atoms with Gasteiger partial charge < -0.3 is 0 Å². The summed E-state index contributed by atoms with van der Waals surface area (Å²) < 4.78 is 0. The summed E-state index contributed by atoms with van der Waals surface area (Å²) in [7, 11) is 0. The van der Waals surface area contributed by atoms with Gasteiger partial charge in [-0.25, -0.2) is 0 Å². The Bertz CT molecular complexity index is 397. The average molecular weight is 241 g/mol. The van der Waals surface area contributed by atoms with Crippen LogP contribution in [0.4, 0.5) is 0 Å². The standard InChI is InChI=1S/C13H14Cl2/c1-10-9-13(15)11(2)8-12(10)6-4-3-5-7-14/h8-9H,3,5,7H2,1-2H3. The van der Waals surface area contributed by atoms with E-state index in [0.29, 0.717) is 5.88 Å². The highest BCUT2D eigenvalue weighted by Gasteiger charge is 1.99. The molecule has 0 unspecified atom stereocenters. The van der Waals surface area contributed by atoms with E-state index in [1.807, 2.05) is 26.0 Å². The molecule has 0 aliphatic heterocycles. The Kier molecular flexibility index (Phi) is 5.02. The zero-order chi connectivity index (χ0) is 11.3. The molecule has 15 heavy (non-hydrogen) atoms. The zero-order valence-electron chi connectivity index (χ0n) is 9.03. The molecule has 0 N–H and O–H groups in total. The fourth-order valence-electron chi connectivity index (χ4n) is 1.23. The second-order valence-electron chi connectivity index (χ2n) is 3.51. The Balaban J connectivity index is 2.84. The Labute approximate surface area is 102 Å². The number of unbranched alkanes of at least 4 members (excludes halogenated alkanes) is 1. The van der Waals surface area contributed by atoms with Crippen LogP contribution >= 0.6 is 23.2 Å². The van der Waals surface area contributed by atoms with Crippen LogP contribution in [0, 0.1) is 25.7 Å². The Morgan fingerprint density at radius 2 is 1.93 bits per heavy atom. The monoisotopic (exact) mass is 240 g/mol. The number of aryl methyl sites for hydroxylation is 2. The summed E-state index contributed by atoms with van der Waals surface area (Å²) >= 11 is 11.6. The Hall–Kier alpha value is -0.640. The molecule has 0 spiro atoms. The van der Waals surface area contributed by atoms with E-state index < -0.39 is 0 Å². The molecule has 0 saturated heterocycles. The summed E-state index contributed by atoms with van der Waals surface area (Å²) in [4.78, 5) is 0. The Morgan fingerprint density at radius 3 is 2.60 bits per heavy atom. The second kappa shape index (κ2) is 6.05. The van der Waals surface area contributed by atoms with Crippen LogP contribution in [0.15, 0.2) is 12.1 Å². The fraction of sp³-hybridized carbons (Fsp3) is 0.385. The van der Waals surface area contributed by atoms with Crippen LogP contribution in [0.2, 0.25) is 5.02 Å². The van der Waals surface area contributed by atoms with Crippen LogP contribution in [-0.4, -0.2) is 5.88 Å². The molecule has 1 aromatic rings. The first-order valence-corrected chi connectivity index (χ1v) is 5.88. The minimum atomic E-state index is 0.674. The van der Waals surface area contributed by atoms with Crippen molar-refractivity contribution in [2.45, 2.75) is 26.7 Å². The maximum Gasteiger partial charge on any atom is 0.0438 e. The molecule has 0 amide bonds. The van der Waals surface area contributed by atoms with Gasteiger partial charge in [-0.1, -0.05) is 23.4 Å². The van der Waals surface area contributed by atoms with Crippen molar-refractivity contribution in [3.05, 3.63) is 33.8 Å². The summed E-state index contributed by atoms with van der Waals surface area (Å²) in [6.45, 7) is 4.02. The fourth-order valence-corrected chi connectivity index (χ4v) is 1.58. The Morgan fingerprint density at radius 1 is 1.20 bits per heavy atom. The summed E-state index contributed by atoms with van der Waals surface area (Å²) in [5.41, 5.74) is 3.26. The third-order valence-electron chi connectivity index (χ3n) is 2.16. The predicted molar refractivity (Wildman–Crippen MR) is 67.8 cm³/mol. The van der Waals surface area contributed by atoms with Crippen LogP contribution < -0.4 is 0 Å². The molecular weight excluding hydrogens is 227 g/mol. The highest BCUT2D eigenvalue weighted by molar-refractivity contribution is 6.31. The van der Waals surface area contributed by atoms with Crippen molar-refractivity contribution < 1.29 is 0 Å². The molecule has 0 nitrogen and oxygen atoms in total. The molecule has 0 atom stereocenters. The summed E-state index contributed by atoms with van der Waals surface area (Å²) in [6, 6.07) is 3.99. The maximum atomic E-state index is 6.00. The van der Waals surface area contributed by atoms with Gasteiger partial charge in [0.2, 0.25) is 0 Å². The van der Waals surface area contributed by atoms with E-state index in [2.05, 4.69) is 11.8 Å². The number of halogens is 2. The maximum absolute atomic E-state index is 6.00. The number of benzene rings is 1. The first kappa shape index (κ1) is 12.4. The van der Waals surface area contributed by atoms with Gasteiger partial charge in [-0.3, -0.25) is 0 Å². The summed E-state index contributed by atoms with van der Waals surface area (Å²) in [5, 5.41) is 0.804. The molecule has 0 aromatic heterocycles. The molecule has 80 valence electrons. The number of hydrogen-bond acceptors (Lipinski definition) is 0. The lowest BCUT2D eigenvalue weighted by Gasteiger charge is -2.02. The highest BCUT2D eigenvalue weighted by Crippen LogP contribution is 2.19. The smallest absolute Gasteiger partial charge is 0.0438 e. The molecule has 0 aliphatic carbocycles. The van der Waals surface area contributed by atoms with Gasteiger partial charge in [0.05, 0.1) is 0 Å². The van der Waals surface area contributed by atoms with Gasteiger partial charge in [0.1, 0.15) is 0 Å². The van der Waals surface area contributed by atoms with Crippen molar-refractivity contribution in [1.82, 2.24) is 0 Å². The van der Waals surface area contributed by atoms with Crippen molar-refractivity contribution in [2.24, 2.45) is 0 Å². The van der Waals surface area contributed by atoms with Gasteiger partial charge in [0.25, 0.3) is 0 Å². The molecule has 0 bridgehead atoms. The number of alkyl halides is 1. The van der Waals surface area contributed by atoms with Crippen molar-refractivity contribution in [3.8, 4) is 11.8 Å². The van der Waals surface area contributed by atoms with E-state index in [1.165, 1.54) is 0 Å². The molecule has 0 radical (unpaired) electrons. The lowest BCUT2D eigenvalue weighted by Crippen LogP contribution is -1.85.